The van der Waals surface area contributed by atoms with Gasteiger partial charge in [-0.3, -0.25) is 14.4 Å². The topological polar surface area (TPSA) is 81.7 Å². The number of amides is 1. The molecule has 0 aliphatic carbocycles. The number of carbonyl (C=O) groups is 3. The molecule has 1 aliphatic rings. The first-order valence-electron chi connectivity index (χ1n) is 5.10. The zero-order valence-corrected chi connectivity index (χ0v) is 9.32. The summed E-state index contributed by atoms with van der Waals surface area (Å²) in [5.74, 6) is -1.04. The zero-order chi connectivity index (χ0) is 12.1. The highest BCUT2D eigenvalue weighted by molar-refractivity contribution is 5.76. The molecule has 90 valence electrons. The number of carbonyl (C=O) groups excluding carboxylic acids is 3. The van der Waals surface area contributed by atoms with E-state index in [1.165, 1.54) is 13.8 Å². The van der Waals surface area contributed by atoms with Crippen molar-refractivity contribution in [2.75, 3.05) is 6.54 Å². The first-order valence-corrected chi connectivity index (χ1v) is 5.10. The van der Waals surface area contributed by atoms with E-state index in [9.17, 15) is 14.4 Å². The molecule has 0 aromatic rings. The maximum absolute atomic E-state index is 11.2. The molecule has 1 amide bonds. The van der Waals surface area contributed by atoms with Crippen molar-refractivity contribution in [1.29, 1.82) is 0 Å². The molecular weight excluding hydrogens is 214 g/mol. The standard InChI is InChI=1S/C10H15NO5/c1-6(12)15-8-3-4-10(14)11-5-9(8)16-7(2)13/h8-9H,3-5H2,1-2H3,(H,11,14)/t8-,9+/m0/s1. The summed E-state index contributed by atoms with van der Waals surface area (Å²) in [4.78, 5) is 32.9. The van der Waals surface area contributed by atoms with Gasteiger partial charge in [0.1, 0.15) is 6.10 Å². The van der Waals surface area contributed by atoms with Gasteiger partial charge in [-0.25, -0.2) is 0 Å². The Labute approximate surface area is 93.3 Å². The second kappa shape index (κ2) is 5.48. The Bertz CT molecular complexity index is 274. The quantitative estimate of drug-likeness (QED) is 0.661. The van der Waals surface area contributed by atoms with Crippen LogP contribution >= 0.6 is 0 Å². The number of esters is 2. The third-order valence-electron chi connectivity index (χ3n) is 2.21. The Kier molecular flexibility index (Phi) is 4.28. The second-order valence-corrected chi connectivity index (χ2v) is 3.64. The minimum absolute atomic E-state index is 0.133. The maximum atomic E-state index is 11.2. The first kappa shape index (κ1) is 12.5. The minimum atomic E-state index is -0.604. The Morgan fingerprint density at radius 1 is 1.19 bits per heavy atom. The molecule has 0 aromatic carbocycles. The van der Waals surface area contributed by atoms with Gasteiger partial charge < -0.3 is 14.8 Å². The normalized spacial score (nSPS) is 25.2. The van der Waals surface area contributed by atoms with Crippen LogP contribution in [0.3, 0.4) is 0 Å². The van der Waals surface area contributed by atoms with Gasteiger partial charge in [-0.15, -0.1) is 0 Å². The molecule has 0 bridgehead atoms. The first-order chi connectivity index (χ1) is 7.49. The zero-order valence-electron chi connectivity index (χ0n) is 9.32. The summed E-state index contributed by atoms with van der Waals surface area (Å²) in [5.41, 5.74) is 0. The van der Waals surface area contributed by atoms with Gasteiger partial charge in [0.25, 0.3) is 0 Å². The van der Waals surface area contributed by atoms with Crippen molar-refractivity contribution < 1.29 is 23.9 Å². The van der Waals surface area contributed by atoms with Crippen LogP contribution in [0.2, 0.25) is 0 Å². The highest BCUT2D eigenvalue weighted by atomic mass is 16.6. The summed E-state index contributed by atoms with van der Waals surface area (Å²) < 4.78 is 10.0. The van der Waals surface area contributed by atoms with Crippen molar-refractivity contribution >= 4 is 17.8 Å². The molecule has 0 radical (unpaired) electrons. The fraction of sp³-hybridized carbons (Fsp3) is 0.700. The Hall–Kier alpha value is -1.59. The third kappa shape index (κ3) is 3.88. The van der Waals surface area contributed by atoms with E-state index in [4.69, 9.17) is 9.47 Å². The largest absolute Gasteiger partial charge is 0.459 e. The summed E-state index contributed by atoms with van der Waals surface area (Å²) in [7, 11) is 0. The average Bonchev–Trinajstić information content (AvgIpc) is 2.31. The van der Waals surface area contributed by atoms with Crippen LogP contribution in [0.15, 0.2) is 0 Å². The molecule has 1 N–H and O–H groups in total. The van der Waals surface area contributed by atoms with Crippen molar-refractivity contribution in [3.05, 3.63) is 0 Å². The van der Waals surface area contributed by atoms with Crippen molar-refractivity contribution in [1.82, 2.24) is 5.32 Å². The van der Waals surface area contributed by atoms with Crippen LogP contribution in [0.1, 0.15) is 26.7 Å². The van der Waals surface area contributed by atoms with Gasteiger partial charge >= 0.3 is 11.9 Å². The summed E-state index contributed by atoms with van der Waals surface area (Å²) in [6.45, 7) is 2.73. The number of ether oxygens (including phenoxy) is 2. The number of hydrogen-bond donors (Lipinski definition) is 1. The van der Waals surface area contributed by atoms with Crippen LogP contribution in [0.4, 0.5) is 0 Å². The summed E-state index contributed by atoms with van der Waals surface area (Å²) in [5, 5.41) is 2.60. The van der Waals surface area contributed by atoms with Crippen molar-refractivity contribution in [3.63, 3.8) is 0 Å². The number of nitrogens with one attached hydrogen (secondary N) is 1. The molecule has 0 saturated carbocycles. The molecule has 1 aliphatic heterocycles. The molecule has 1 fully saturated rings. The van der Waals surface area contributed by atoms with Crippen LogP contribution in [-0.4, -0.2) is 36.6 Å². The molecule has 1 rings (SSSR count). The van der Waals surface area contributed by atoms with Gasteiger partial charge in [-0.1, -0.05) is 0 Å². The lowest BCUT2D eigenvalue weighted by Gasteiger charge is -2.23. The smallest absolute Gasteiger partial charge is 0.303 e. The summed E-state index contributed by atoms with van der Waals surface area (Å²) in [6, 6.07) is 0. The van der Waals surface area contributed by atoms with E-state index >= 15 is 0 Å². The second-order valence-electron chi connectivity index (χ2n) is 3.64. The lowest BCUT2D eigenvalue weighted by atomic mass is 10.1. The average molecular weight is 229 g/mol. The van der Waals surface area contributed by atoms with Gasteiger partial charge in [0.2, 0.25) is 5.91 Å². The molecule has 0 spiro atoms. The number of rotatable bonds is 2. The molecule has 0 unspecified atom stereocenters. The molecule has 6 heteroatoms. The van der Waals surface area contributed by atoms with Crippen molar-refractivity contribution in [2.24, 2.45) is 0 Å². The number of hydrogen-bond acceptors (Lipinski definition) is 5. The monoisotopic (exact) mass is 229 g/mol. The molecule has 6 nitrogen and oxygen atoms in total. The predicted octanol–water partition coefficient (Wildman–Crippen LogP) is -0.240. The molecule has 0 aromatic heterocycles. The highest BCUT2D eigenvalue weighted by Gasteiger charge is 2.30. The predicted molar refractivity (Wildman–Crippen MR) is 53.4 cm³/mol. The summed E-state index contributed by atoms with van der Waals surface area (Å²) >= 11 is 0. The van der Waals surface area contributed by atoms with E-state index in [-0.39, 0.29) is 18.9 Å². The molecule has 1 heterocycles. The SMILES string of the molecule is CC(=O)O[C@H]1CCC(=O)NC[C@H]1OC(C)=O. The van der Waals surface area contributed by atoms with Crippen molar-refractivity contribution in [2.45, 2.75) is 38.9 Å². The maximum Gasteiger partial charge on any atom is 0.303 e. The minimum Gasteiger partial charge on any atom is -0.459 e. The van der Waals surface area contributed by atoms with E-state index < -0.39 is 24.1 Å². The Morgan fingerprint density at radius 3 is 2.31 bits per heavy atom. The van der Waals surface area contributed by atoms with Gasteiger partial charge in [0, 0.05) is 20.3 Å². The van der Waals surface area contributed by atoms with Gasteiger partial charge in [-0.05, 0) is 6.42 Å². The van der Waals surface area contributed by atoms with Gasteiger partial charge in [0.15, 0.2) is 6.10 Å². The van der Waals surface area contributed by atoms with E-state index in [2.05, 4.69) is 5.32 Å². The summed E-state index contributed by atoms with van der Waals surface area (Å²) in [6.07, 6.45) is -0.535. The lowest BCUT2D eigenvalue weighted by molar-refractivity contribution is -0.164. The van der Waals surface area contributed by atoms with Crippen LogP contribution in [-0.2, 0) is 23.9 Å². The van der Waals surface area contributed by atoms with E-state index in [1.54, 1.807) is 0 Å². The molecule has 2 atom stereocenters. The van der Waals surface area contributed by atoms with Crippen LogP contribution < -0.4 is 5.32 Å². The van der Waals surface area contributed by atoms with E-state index in [0.717, 1.165) is 0 Å². The molecular formula is C10H15NO5. The van der Waals surface area contributed by atoms with Crippen LogP contribution in [0.5, 0.6) is 0 Å². The highest BCUT2D eigenvalue weighted by Crippen LogP contribution is 2.14. The third-order valence-corrected chi connectivity index (χ3v) is 2.21. The Balaban J connectivity index is 2.67. The Morgan fingerprint density at radius 2 is 1.75 bits per heavy atom. The molecule has 1 saturated heterocycles. The van der Waals surface area contributed by atoms with Gasteiger partial charge in [-0.2, -0.15) is 0 Å². The van der Waals surface area contributed by atoms with E-state index in [1.807, 2.05) is 0 Å². The fourth-order valence-corrected chi connectivity index (χ4v) is 1.57. The van der Waals surface area contributed by atoms with Crippen molar-refractivity contribution in [3.8, 4) is 0 Å². The van der Waals surface area contributed by atoms with E-state index in [0.29, 0.717) is 6.42 Å². The van der Waals surface area contributed by atoms with Crippen LogP contribution in [0, 0.1) is 0 Å². The van der Waals surface area contributed by atoms with Gasteiger partial charge in [0.05, 0.1) is 6.54 Å². The fourth-order valence-electron chi connectivity index (χ4n) is 1.57. The lowest BCUT2D eigenvalue weighted by Crippen LogP contribution is -2.39. The molecule has 16 heavy (non-hydrogen) atoms. The van der Waals surface area contributed by atoms with Crippen LogP contribution in [0.25, 0.3) is 0 Å².